The van der Waals surface area contributed by atoms with Gasteiger partial charge in [-0.2, -0.15) is 0 Å². The van der Waals surface area contributed by atoms with E-state index in [0.29, 0.717) is 6.61 Å². The molecule has 0 unspecified atom stereocenters. The normalized spacial score (nSPS) is 11.1. The third-order valence-electron chi connectivity index (χ3n) is 0.608. The van der Waals surface area contributed by atoms with Gasteiger partial charge in [0.15, 0.2) is 0 Å². The summed E-state index contributed by atoms with van der Waals surface area (Å²) in [6.07, 6.45) is 0.920. The highest BCUT2D eigenvalue weighted by molar-refractivity contribution is 5.82. The molecule has 3 nitrogen and oxygen atoms in total. The SMILES string of the molecule is CCOC(=O)/C=C(\C)[O-]. The van der Waals surface area contributed by atoms with Crippen molar-refractivity contribution in [1.29, 1.82) is 0 Å². The van der Waals surface area contributed by atoms with E-state index in [0.717, 1.165) is 6.08 Å². The van der Waals surface area contributed by atoms with Gasteiger partial charge in [0, 0.05) is 6.08 Å². The number of esters is 1. The fourth-order valence-electron chi connectivity index (χ4n) is 0.350. The van der Waals surface area contributed by atoms with Crippen molar-refractivity contribution in [1.82, 2.24) is 0 Å². The zero-order valence-electron chi connectivity index (χ0n) is 5.51. The lowest BCUT2D eigenvalue weighted by molar-refractivity contribution is -0.301. The van der Waals surface area contributed by atoms with Crippen molar-refractivity contribution in [3.8, 4) is 0 Å². The number of carbonyl (C=O) groups is 1. The standard InChI is InChI=1S/C6H10O3/c1-3-9-6(8)4-5(2)7/h4,7H,3H2,1-2H3/p-1/b5-4+. The van der Waals surface area contributed by atoms with Crippen molar-refractivity contribution in [2.45, 2.75) is 13.8 Å². The van der Waals surface area contributed by atoms with E-state index in [1.165, 1.54) is 6.92 Å². The topological polar surface area (TPSA) is 49.4 Å². The van der Waals surface area contributed by atoms with Crippen LogP contribution in [0.2, 0.25) is 0 Å². The van der Waals surface area contributed by atoms with Crippen LogP contribution in [0.5, 0.6) is 0 Å². The van der Waals surface area contributed by atoms with Crippen LogP contribution in [0.15, 0.2) is 11.8 Å². The fraction of sp³-hybridized carbons (Fsp3) is 0.500. The molecule has 0 aliphatic heterocycles. The Bertz CT molecular complexity index is 122. The molecule has 0 N–H and O–H groups in total. The third kappa shape index (κ3) is 4.87. The van der Waals surface area contributed by atoms with Crippen LogP contribution < -0.4 is 5.11 Å². The van der Waals surface area contributed by atoms with Crippen molar-refractivity contribution in [3.63, 3.8) is 0 Å². The molecule has 0 bridgehead atoms. The molecule has 0 aliphatic carbocycles. The van der Waals surface area contributed by atoms with Crippen molar-refractivity contribution < 1.29 is 14.6 Å². The van der Waals surface area contributed by atoms with E-state index in [9.17, 15) is 9.90 Å². The van der Waals surface area contributed by atoms with Crippen molar-refractivity contribution in [3.05, 3.63) is 11.8 Å². The molecule has 0 heterocycles. The van der Waals surface area contributed by atoms with Crippen molar-refractivity contribution >= 4 is 5.97 Å². The second-order valence-corrected chi connectivity index (χ2v) is 1.51. The molecular weight excluding hydrogens is 120 g/mol. The van der Waals surface area contributed by atoms with Crippen LogP contribution in [-0.4, -0.2) is 12.6 Å². The lowest BCUT2D eigenvalue weighted by Gasteiger charge is -2.01. The Morgan fingerprint density at radius 3 is 2.67 bits per heavy atom. The van der Waals surface area contributed by atoms with Gasteiger partial charge in [-0.25, -0.2) is 4.79 Å². The van der Waals surface area contributed by atoms with E-state index >= 15 is 0 Å². The lowest BCUT2D eigenvalue weighted by Crippen LogP contribution is -2.05. The van der Waals surface area contributed by atoms with E-state index in [1.54, 1.807) is 6.92 Å². The van der Waals surface area contributed by atoms with E-state index < -0.39 is 5.97 Å². The van der Waals surface area contributed by atoms with Crippen LogP contribution in [0.25, 0.3) is 0 Å². The quantitative estimate of drug-likeness (QED) is 0.295. The summed E-state index contributed by atoms with van der Waals surface area (Å²) in [5.74, 6) is -0.849. The van der Waals surface area contributed by atoms with Crippen molar-refractivity contribution in [2.75, 3.05) is 6.61 Å². The summed E-state index contributed by atoms with van der Waals surface area (Å²) < 4.78 is 4.44. The predicted molar refractivity (Wildman–Crippen MR) is 30.4 cm³/mol. The number of carbonyl (C=O) groups excluding carboxylic acids is 1. The molecule has 52 valence electrons. The molecule has 3 heteroatoms. The van der Waals surface area contributed by atoms with Gasteiger partial charge < -0.3 is 9.84 Å². The molecule has 0 spiro atoms. The van der Waals surface area contributed by atoms with Gasteiger partial charge in [0.25, 0.3) is 0 Å². The lowest BCUT2D eigenvalue weighted by atomic mass is 10.5. The largest absolute Gasteiger partial charge is 0.875 e. The number of hydrogen-bond acceptors (Lipinski definition) is 3. The molecule has 0 aromatic heterocycles. The molecule has 0 saturated carbocycles. The zero-order chi connectivity index (χ0) is 7.28. The first-order valence-corrected chi connectivity index (χ1v) is 2.69. The average molecular weight is 129 g/mol. The van der Waals surface area contributed by atoms with Crippen LogP contribution in [0.4, 0.5) is 0 Å². The first-order chi connectivity index (χ1) is 4.16. The van der Waals surface area contributed by atoms with Gasteiger partial charge in [-0.05, 0) is 6.92 Å². The van der Waals surface area contributed by atoms with Gasteiger partial charge in [-0.15, -0.1) is 5.76 Å². The minimum Gasteiger partial charge on any atom is -0.875 e. The molecule has 0 atom stereocenters. The predicted octanol–water partition coefficient (Wildman–Crippen LogP) is -0.186. The number of allylic oxidation sites excluding steroid dienone is 1. The summed E-state index contributed by atoms with van der Waals surface area (Å²) in [6, 6.07) is 0. The van der Waals surface area contributed by atoms with Gasteiger partial charge in [0.2, 0.25) is 0 Å². The summed E-state index contributed by atoms with van der Waals surface area (Å²) in [7, 11) is 0. The summed E-state index contributed by atoms with van der Waals surface area (Å²) in [5, 5.41) is 10.2. The number of rotatable bonds is 2. The smallest absolute Gasteiger partial charge is 0.329 e. The summed E-state index contributed by atoms with van der Waals surface area (Å²) in [4.78, 5) is 10.4. The van der Waals surface area contributed by atoms with Crippen molar-refractivity contribution in [2.24, 2.45) is 0 Å². The minimum absolute atomic E-state index is 0.284. The van der Waals surface area contributed by atoms with Crippen LogP contribution in [-0.2, 0) is 9.53 Å². The monoisotopic (exact) mass is 129 g/mol. The highest BCUT2D eigenvalue weighted by atomic mass is 16.5. The molecule has 0 saturated heterocycles. The minimum atomic E-state index is -0.565. The molecule has 0 amide bonds. The maximum Gasteiger partial charge on any atom is 0.329 e. The molecule has 9 heavy (non-hydrogen) atoms. The Morgan fingerprint density at radius 2 is 2.33 bits per heavy atom. The molecule has 0 radical (unpaired) electrons. The Balaban J connectivity index is 3.63. The van der Waals surface area contributed by atoms with Crippen LogP contribution in [0.1, 0.15) is 13.8 Å². The first kappa shape index (κ1) is 8.01. The second-order valence-electron chi connectivity index (χ2n) is 1.51. The molecule has 0 aromatic rings. The number of hydrogen-bond donors (Lipinski definition) is 0. The van der Waals surface area contributed by atoms with Gasteiger partial charge >= 0.3 is 5.97 Å². The molecular formula is C6H9O3-. The molecule has 0 fully saturated rings. The highest BCUT2D eigenvalue weighted by Crippen LogP contribution is 1.83. The van der Waals surface area contributed by atoms with Crippen LogP contribution in [0.3, 0.4) is 0 Å². The van der Waals surface area contributed by atoms with Crippen LogP contribution in [0, 0.1) is 0 Å². The van der Waals surface area contributed by atoms with E-state index in [-0.39, 0.29) is 5.76 Å². The van der Waals surface area contributed by atoms with Gasteiger partial charge in [0.1, 0.15) is 0 Å². The van der Waals surface area contributed by atoms with E-state index in [4.69, 9.17) is 0 Å². The summed E-state index contributed by atoms with van der Waals surface area (Å²) in [5.41, 5.74) is 0. The van der Waals surface area contributed by atoms with Gasteiger partial charge in [0.05, 0.1) is 6.61 Å². The first-order valence-electron chi connectivity index (χ1n) is 2.69. The Labute approximate surface area is 53.9 Å². The molecule has 0 rings (SSSR count). The third-order valence-corrected chi connectivity index (χ3v) is 0.608. The molecule has 0 aromatic carbocycles. The fourth-order valence-corrected chi connectivity index (χ4v) is 0.350. The zero-order valence-corrected chi connectivity index (χ0v) is 5.51. The summed E-state index contributed by atoms with van der Waals surface area (Å²) >= 11 is 0. The Hall–Kier alpha value is -0.990. The second kappa shape index (κ2) is 3.95. The van der Waals surface area contributed by atoms with E-state index in [1.807, 2.05) is 0 Å². The maximum absolute atomic E-state index is 10.4. The average Bonchev–Trinajstić information content (AvgIpc) is 1.63. The Morgan fingerprint density at radius 1 is 1.78 bits per heavy atom. The van der Waals surface area contributed by atoms with Crippen LogP contribution >= 0.6 is 0 Å². The van der Waals surface area contributed by atoms with Gasteiger partial charge in [-0.1, -0.05) is 6.92 Å². The summed E-state index contributed by atoms with van der Waals surface area (Å²) in [6.45, 7) is 3.30. The van der Waals surface area contributed by atoms with Gasteiger partial charge in [-0.3, -0.25) is 0 Å². The van der Waals surface area contributed by atoms with E-state index in [2.05, 4.69) is 4.74 Å². The maximum atomic E-state index is 10.4. The number of ether oxygens (including phenoxy) is 1. The highest BCUT2D eigenvalue weighted by Gasteiger charge is 1.90. The molecule has 0 aliphatic rings. The Kier molecular flexibility index (Phi) is 3.51.